The number of aromatic nitrogens is 4. The van der Waals surface area contributed by atoms with E-state index in [1.807, 2.05) is 18.2 Å². The Bertz CT molecular complexity index is 1090. The summed E-state index contributed by atoms with van der Waals surface area (Å²) in [4.78, 5) is 36.2. The molecule has 134 valence electrons. The van der Waals surface area contributed by atoms with Crippen molar-refractivity contribution in [1.29, 1.82) is 0 Å². The van der Waals surface area contributed by atoms with Crippen LogP contribution in [0.4, 0.5) is 0 Å². The Labute approximate surface area is 150 Å². The lowest BCUT2D eigenvalue weighted by atomic mass is 10.1. The van der Waals surface area contributed by atoms with Crippen molar-refractivity contribution in [2.24, 2.45) is 14.1 Å². The highest BCUT2D eigenvalue weighted by Gasteiger charge is 2.30. The van der Waals surface area contributed by atoms with Gasteiger partial charge in [-0.25, -0.2) is 4.98 Å². The molecule has 1 fully saturated rings. The van der Waals surface area contributed by atoms with E-state index in [1.54, 1.807) is 37.1 Å². The molecule has 1 atom stereocenters. The minimum absolute atomic E-state index is 0.00372. The van der Waals surface area contributed by atoms with Crippen LogP contribution in [0.3, 0.4) is 0 Å². The highest BCUT2D eigenvalue weighted by atomic mass is 16.1. The van der Waals surface area contributed by atoms with Crippen molar-refractivity contribution in [1.82, 2.24) is 24.0 Å². The summed E-state index contributed by atoms with van der Waals surface area (Å²) in [5, 5.41) is 0.627. The minimum Gasteiger partial charge on any atom is -0.315 e. The second kappa shape index (κ2) is 6.49. The lowest BCUT2D eigenvalue weighted by molar-refractivity contribution is 0.231. The van der Waals surface area contributed by atoms with Crippen molar-refractivity contribution in [3.05, 3.63) is 68.9 Å². The predicted octanol–water partition coefficient (Wildman–Crippen LogP) is 1.36. The number of para-hydroxylation sites is 1. The van der Waals surface area contributed by atoms with Crippen LogP contribution in [0.15, 0.2) is 46.2 Å². The fraction of sp³-hybridized carbons (Fsp3) is 0.368. The van der Waals surface area contributed by atoms with Gasteiger partial charge in [-0.2, -0.15) is 0 Å². The maximum absolute atomic E-state index is 12.7. The number of nitrogens with zero attached hydrogens (tertiary/aromatic N) is 5. The Kier molecular flexibility index (Phi) is 4.16. The number of aryl methyl sites for hydroxylation is 1. The van der Waals surface area contributed by atoms with Crippen molar-refractivity contribution in [2.75, 3.05) is 6.54 Å². The van der Waals surface area contributed by atoms with Crippen molar-refractivity contribution in [2.45, 2.75) is 25.4 Å². The third-order valence-electron chi connectivity index (χ3n) is 5.12. The van der Waals surface area contributed by atoms with Gasteiger partial charge < -0.3 is 4.57 Å². The molecule has 1 saturated heterocycles. The van der Waals surface area contributed by atoms with Gasteiger partial charge >= 0.3 is 0 Å². The molecule has 0 aliphatic carbocycles. The van der Waals surface area contributed by atoms with Crippen molar-refractivity contribution in [3.8, 4) is 0 Å². The highest BCUT2D eigenvalue weighted by molar-refractivity contribution is 5.77. The SMILES string of the molecule is Cn1ccnc(CN2CCCC2c2nc3ccccc3c(=O)n2C)c1=O. The van der Waals surface area contributed by atoms with E-state index in [1.165, 1.54) is 4.57 Å². The Morgan fingerprint density at radius 1 is 1.15 bits per heavy atom. The van der Waals surface area contributed by atoms with Crippen LogP contribution in [-0.4, -0.2) is 30.5 Å². The molecule has 0 bridgehead atoms. The van der Waals surface area contributed by atoms with Crippen LogP contribution >= 0.6 is 0 Å². The highest BCUT2D eigenvalue weighted by Crippen LogP contribution is 2.31. The van der Waals surface area contributed by atoms with Gasteiger partial charge in [0.2, 0.25) is 0 Å². The number of hydrogen-bond acceptors (Lipinski definition) is 5. The largest absolute Gasteiger partial charge is 0.315 e. The predicted molar refractivity (Wildman–Crippen MR) is 98.8 cm³/mol. The van der Waals surface area contributed by atoms with Gasteiger partial charge in [0.05, 0.1) is 16.9 Å². The van der Waals surface area contributed by atoms with Crippen molar-refractivity contribution >= 4 is 10.9 Å². The third kappa shape index (κ3) is 2.74. The average Bonchev–Trinajstić information content (AvgIpc) is 3.10. The molecule has 0 spiro atoms. The van der Waals surface area contributed by atoms with Crippen LogP contribution in [0.25, 0.3) is 10.9 Å². The summed E-state index contributed by atoms with van der Waals surface area (Å²) in [7, 11) is 3.50. The molecule has 0 radical (unpaired) electrons. The van der Waals surface area contributed by atoms with Crippen LogP contribution in [0.5, 0.6) is 0 Å². The molecule has 3 aromatic rings. The van der Waals surface area contributed by atoms with Crippen LogP contribution in [-0.2, 0) is 20.6 Å². The molecular formula is C19H21N5O2. The molecule has 2 aromatic heterocycles. The van der Waals surface area contributed by atoms with Crippen LogP contribution in [0, 0.1) is 0 Å². The standard InChI is InChI=1S/C19H21N5O2/c1-22-11-9-20-15(19(22)26)12-24-10-5-8-16(24)17-21-14-7-4-3-6-13(14)18(25)23(17)2/h3-4,6-7,9,11,16H,5,8,10,12H2,1-2H3. The summed E-state index contributed by atoms with van der Waals surface area (Å²) in [6.07, 6.45) is 5.21. The minimum atomic E-state index is -0.0847. The van der Waals surface area contributed by atoms with E-state index < -0.39 is 0 Å². The van der Waals surface area contributed by atoms with Gasteiger partial charge in [-0.05, 0) is 31.5 Å². The summed E-state index contributed by atoms with van der Waals surface area (Å²) >= 11 is 0. The molecule has 7 heteroatoms. The normalized spacial score (nSPS) is 17.8. The lowest BCUT2D eigenvalue weighted by Gasteiger charge is -2.25. The monoisotopic (exact) mass is 351 g/mol. The molecule has 0 amide bonds. The van der Waals surface area contributed by atoms with Crippen LogP contribution in [0.1, 0.15) is 30.4 Å². The average molecular weight is 351 g/mol. The molecule has 1 unspecified atom stereocenters. The van der Waals surface area contributed by atoms with E-state index in [0.29, 0.717) is 23.1 Å². The van der Waals surface area contributed by atoms with Gasteiger partial charge in [0.25, 0.3) is 11.1 Å². The first-order chi connectivity index (χ1) is 12.6. The summed E-state index contributed by atoms with van der Waals surface area (Å²) in [6, 6.07) is 7.42. The summed E-state index contributed by atoms with van der Waals surface area (Å²) < 4.78 is 3.18. The topological polar surface area (TPSA) is 73.0 Å². The first-order valence-electron chi connectivity index (χ1n) is 8.76. The van der Waals surface area contributed by atoms with E-state index in [2.05, 4.69) is 9.88 Å². The zero-order chi connectivity index (χ0) is 18.3. The molecule has 7 nitrogen and oxygen atoms in total. The van der Waals surface area contributed by atoms with Crippen molar-refractivity contribution in [3.63, 3.8) is 0 Å². The lowest BCUT2D eigenvalue weighted by Crippen LogP contribution is -2.33. The third-order valence-corrected chi connectivity index (χ3v) is 5.12. The Hall–Kier alpha value is -2.80. The molecule has 0 saturated carbocycles. The van der Waals surface area contributed by atoms with Gasteiger partial charge in [0.15, 0.2) is 0 Å². The summed E-state index contributed by atoms with van der Waals surface area (Å²) in [6.45, 7) is 1.31. The smallest absolute Gasteiger partial charge is 0.273 e. The van der Waals surface area contributed by atoms with E-state index in [4.69, 9.17) is 4.98 Å². The maximum atomic E-state index is 12.7. The van der Waals surface area contributed by atoms with Crippen LogP contribution < -0.4 is 11.1 Å². The van der Waals surface area contributed by atoms with Gasteiger partial charge in [-0.3, -0.25) is 24.0 Å². The molecule has 1 aromatic carbocycles. The van der Waals surface area contributed by atoms with Gasteiger partial charge in [0, 0.05) is 33.0 Å². The summed E-state index contributed by atoms with van der Waals surface area (Å²) in [5.41, 5.74) is 1.11. The van der Waals surface area contributed by atoms with Crippen LogP contribution in [0.2, 0.25) is 0 Å². The molecule has 3 heterocycles. The Morgan fingerprint density at radius 2 is 1.96 bits per heavy atom. The number of fused-ring (bicyclic) bond motifs is 1. The molecule has 1 aliphatic rings. The number of benzene rings is 1. The first kappa shape index (κ1) is 16.7. The van der Waals surface area contributed by atoms with E-state index in [9.17, 15) is 9.59 Å². The van der Waals surface area contributed by atoms with Gasteiger partial charge in [-0.15, -0.1) is 0 Å². The maximum Gasteiger partial charge on any atom is 0.273 e. The first-order valence-corrected chi connectivity index (χ1v) is 8.76. The molecule has 1 aliphatic heterocycles. The zero-order valence-corrected chi connectivity index (χ0v) is 14.9. The van der Waals surface area contributed by atoms with E-state index in [0.717, 1.165) is 25.2 Å². The fourth-order valence-electron chi connectivity index (χ4n) is 3.69. The van der Waals surface area contributed by atoms with Crippen molar-refractivity contribution < 1.29 is 0 Å². The van der Waals surface area contributed by atoms with Gasteiger partial charge in [-0.1, -0.05) is 12.1 Å². The number of likely N-dealkylation sites (tertiary alicyclic amines) is 1. The Balaban J connectivity index is 1.74. The molecular weight excluding hydrogens is 330 g/mol. The summed E-state index contributed by atoms with van der Waals surface area (Å²) in [5.74, 6) is 0.749. The number of rotatable bonds is 3. The Morgan fingerprint density at radius 3 is 2.81 bits per heavy atom. The molecule has 4 rings (SSSR count). The molecule has 26 heavy (non-hydrogen) atoms. The quantitative estimate of drug-likeness (QED) is 0.712. The van der Waals surface area contributed by atoms with E-state index in [-0.39, 0.29) is 17.2 Å². The second-order valence-electron chi connectivity index (χ2n) is 6.77. The molecule has 0 N–H and O–H groups in total. The van der Waals surface area contributed by atoms with Gasteiger partial charge in [0.1, 0.15) is 11.5 Å². The number of hydrogen-bond donors (Lipinski definition) is 0. The van der Waals surface area contributed by atoms with E-state index >= 15 is 0 Å². The zero-order valence-electron chi connectivity index (χ0n) is 14.9. The fourth-order valence-corrected chi connectivity index (χ4v) is 3.69. The second-order valence-corrected chi connectivity index (χ2v) is 6.77.